The zero-order chi connectivity index (χ0) is 23.2. The molecule has 1 unspecified atom stereocenters. The van der Waals surface area contributed by atoms with E-state index in [1.54, 1.807) is 23.9 Å². The van der Waals surface area contributed by atoms with E-state index in [2.05, 4.69) is 28.8 Å². The molecule has 6 nitrogen and oxygen atoms in total. The lowest BCUT2D eigenvalue weighted by atomic mass is 10.0. The summed E-state index contributed by atoms with van der Waals surface area (Å²) in [5.74, 6) is 6.69. The van der Waals surface area contributed by atoms with Gasteiger partial charge in [0.25, 0.3) is 5.56 Å². The molecule has 2 aliphatic rings. The Bertz CT molecular complexity index is 1270. The third kappa shape index (κ3) is 4.43. The van der Waals surface area contributed by atoms with Crippen molar-refractivity contribution < 1.29 is 9.84 Å². The van der Waals surface area contributed by atoms with E-state index in [0.717, 1.165) is 29.2 Å². The molecular weight excluding hydrogens is 434 g/mol. The summed E-state index contributed by atoms with van der Waals surface area (Å²) in [4.78, 5) is 20.8. The van der Waals surface area contributed by atoms with Crippen molar-refractivity contribution in [2.24, 2.45) is 0 Å². The lowest BCUT2D eigenvalue weighted by Crippen LogP contribution is -2.43. The first-order chi connectivity index (χ1) is 15.8. The Hall–Kier alpha value is -2.66. The van der Waals surface area contributed by atoms with E-state index in [-0.39, 0.29) is 11.7 Å². The predicted molar refractivity (Wildman–Crippen MR) is 131 cm³/mol. The van der Waals surface area contributed by atoms with Crippen LogP contribution in [0.5, 0.6) is 5.75 Å². The maximum absolute atomic E-state index is 13.1. The number of fused-ring (bicyclic) bond motifs is 3. The van der Waals surface area contributed by atoms with E-state index in [4.69, 9.17) is 4.74 Å². The van der Waals surface area contributed by atoms with E-state index >= 15 is 0 Å². The van der Waals surface area contributed by atoms with Crippen LogP contribution < -0.4 is 10.3 Å². The highest BCUT2D eigenvalue weighted by Gasteiger charge is 2.39. The molecule has 2 aromatic heterocycles. The second-order valence-corrected chi connectivity index (χ2v) is 10.4. The van der Waals surface area contributed by atoms with E-state index < -0.39 is 5.60 Å². The van der Waals surface area contributed by atoms with Gasteiger partial charge in [0.1, 0.15) is 28.5 Å². The average Bonchev–Trinajstić information content (AvgIpc) is 3.30. The largest absolute Gasteiger partial charge is 0.490 e. The molecule has 33 heavy (non-hydrogen) atoms. The van der Waals surface area contributed by atoms with Crippen LogP contribution in [-0.2, 0) is 0 Å². The Morgan fingerprint density at radius 1 is 1.24 bits per heavy atom. The molecule has 4 atom stereocenters. The second kappa shape index (κ2) is 8.60. The number of rotatable bonds is 4. The molecule has 4 heterocycles. The quantitative estimate of drug-likeness (QED) is 0.593. The minimum absolute atomic E-state index is 0.124. The van der Waals surface area contributed by atoms with Gasteiger partial charge in [0.05, 0.1) is 16.1 Å². The SMILES string of the molecule is CCC(C)(O)C#Cc1cc2ncn(-c3ccc(O[C@H]4C[C@H]5CC[C@@H](C4)N5C)cc3)c(=O)c2s1. The highest BCUT2D eigenvalue weighted by molar-refractivity contribution is 7.19. The van der Waals surface area contributed by atoms with Crippen molar-refractivity contribution >= 4 is 21.6 Å². The van der Waals surface area contributed by atoms with Gasteiger partial charge in [0, 0.05) is 12.1 Å². The molecule has 2 bridgehead atoms. The van der Waals surface area contributed by atoms with Gasteiger partial charge in [0.15, 0.2) is 0 Å². The number of benzene rings is 1. The molecule has 2 saturated heterocycles. The molecule has 0 saturated carbocycles. The molecule has 7 heteroatoms. The third-order valence-electron chi connectivity index (χ3n) is 7.05. The van der Waals surface area contributed by atoms with Gasteiger partial charge in [-0.05, 0) is 76.4 Å². The normalized spacial score (nSPS) is 24.3. The van der Waals surface area contributed by atoms with E-state index in [0.29, 0.717) is 28.7 Å². The van der Waals surface area contributed by atoms with Gasteiger partial charge in [-0.2, -0.15) is 0 Å². The van der Waals surface area contributed by atoms with Crippen LogP contribution in [0.4, 0.5) is 0 Å². The summed E-state index contributed by atoms with van der Waals surface area (Å²) in [6.07, 6.45) is 7.04. The van der Waals surface area contributed by atoms with Crippen LogP contribution in [-0.4, -0.2) is 50.4 Å². The van der Waals surface area contributed by atoms with Crippen LogP contribution in [0.1, 0.15) is 50.8 Å². The molecule has 0 spiro atoms. The zero-order valence-corrected chi connectivity index (χ0v) is 20.1. The van der Waals surface area contributed by atoms with Crippen LogP contribution in [0.25, 0.3) is 15.9 Å². The van der Waals surface area contributed by atoms with Gasteiger partial charge in [0.2, 0.25) is 0 Å². The second-order valence-electron chi connectivity index (χ2n) is 9.38. The van der Waals surface area contributed by atoms with Crippen molar-refractivity contribution in [3.63, 3.8) is 0 Å². The first-order valence-electron chi connectivity index (χ1n) is 11.6. The Labute approximate surface area is 197 Å². The lowest BCUT2D eigenvalue weighted by Gasteiger charge is -2.36. The summed E-state index contributed by atoms with van der Waals surface area (Å²) < 4.78 is 8.39. The van der Waals surface area contributed by atoms with Gasteiger partial charge in [-0.15, -0.1) is 11.3 Å². The number of thiophene rings is 1. The minimum atomic E-state index is -1.04. The number of hydrogen-bond acceptors (Lipinski definition) is 6. The average molecular weight is 464 g/mol. The highest BCUT2D eigenvalue weighted by atomic mass is 32.1. The zero-order valence-electron chi connectivity index (χ0n) is 19.2. The summed E-state index contributed by atoms with van der Waals surface area (Å²) in [6, 6.07) is 10.8. The summed E-state index contributed by atoms with van der Waals surface area (Å²) in [7, 11) is 2.23. The Morgan fingerprint density at radius 3 is 2.61 bits per heavy atom. The molecule has 2 aliphatic heterocycles. The first-order valence-corrected chi connectivity index (χ1v) is 12.4. The fourth-order valence-electron chi connectivity index (χ4n) is 4.78. The third-order valence-corrected chi connectivity index (χ3v) is 8.08. The van der Waals surface area contributed by atoms with Crippen LogP contribution in [0, 0.1) is 11.8 Å². The molecule has 0 radical (unpaired) electrons. The maximum Gasteiger partial charge on any atom is 0.275 e. The van der Waals surface area contributed by atoms with E-state index in [1.165, 1.54) is 24.2 Å². The lowest BCUT2D eigenvalue weighted by molar-refractivity contribution is 0.0662. The molecule has 3 aromatic rings. The highest BCUT2D eigenvalue weighted by Crippen LogP contribution is 2.36. The van der Waals surface area contributed by atoms with Crippen molar-refractivity contribution in [3.05, 3.63) is 51.9 Å². The van der Waals surface area contributed by atoms with E-state index in [9.17, 15) is 9.90 Å². The number of aromatic nitrogens is 2. The smallest absolute Gasteiger partial charge is 0.275 e. The Morgan fingerprint density at radius 2 is 1.94 bits per heavy atom. The fraction of sp³-hybridized carbons (Fsp3) is 0.462. The van der Waals surface area contributed by atoms with Crippen LogP contribution in [0.15, 0.2) is 41.5 Å². The van der Waals surface area contributed by atoms with Crippen molar-refractivity contribution in [2.45, 2.75) is 69.7 Å². The van der Waals surface area contributed by atoms with Crippen molar-refractivity contribution in [2.75, 3.05) is 7.05 Å². The number of aliphatic hydroxyl groups is 1. The summed E-state index contributed by atoms with van der Waals surface area (Å²) in [5, 5.41) is 10.1. The number of nitrogens with zero attached hydrogens (tertiary/aromatic N) is 3. The standard InChI is InChI=1S/C26H29N3O3S/c1-4-26(2,31)12-11-22-15-23-24(33-22)25(30)29(16-27-23)17-7-9-20(10-8-17)32-21-13-18-5-6-19(14-21)28(18)3/h7-10,15-16,18-19,21,31H,4-6,13-14H2,1-3H3/t18-,19+,21+,26?. The molecule has 5 rings (SSSR count). The summed E-state index contributed by atoms with van der Waals surface area (Å²) >= 11 is 1.31. The van der Waals surface area contributed by atoms with Gasteiger partial charge >= 0.3 is 0 Å². The first kappa shape index (κ1) is 22.1. The monoisotopic (exact) mass is 463 g/mol. The summed E-state index contributed by atoms with van der Waals surface area (Å²) in [6.45, 7) is 3.57. The van der Waals surface area contributed by atoms with Crippen LogP contribution in [0.2, 0.25) is 0 Å². The molecule has 0 amide bonds. The topological polar surface area (TPSA) is 67.6 Å². The molecule has 0 aliphatic carbocycles. The van der Waals surface area contributed by atoms with Crippen molar-refractivity contribution in [3.8, 4) is 23.3 Å². The molecular formula is C26H29N3O3S. The van der Waals surface area contributed by atoms with E-state index in [1.807, 2.05) is 31.2 Å². The van der Waals surface area contributed by atoms with Crippen molar-refractivity contribution in [1.29, 1.82) is 0 Å². The Kier molecular flexibility index (Phi) is 5.77. The number of ether oxygens (including phenoxy) is 1. The van der Waals surface area contributed by atoms with Crippen molar-refractivity contribution in [1.82, 2.24) is 14.5 Å². The fourth-order valence-corrected chi connectivity index (χ4v) is 5.67. The predicted octanol–water partition coefficient (Wildman–Crippen LogP) is 3.96. The van der Waals surface area contributed by atoms with Crippen LogP contribution in [0.3, 0.4) is 0 Å². The molecule has 1 N–H and O–H groups in total. The number of hydrogen-bond donors (Lipinski definition) is 1. The van der Waals surface area contributed by atoms with Crippen LogP contribution >= 0.6 is 11.3 Å². The maximum atomic E-state index is 13.1. The Balaban J connectivity index is 1.35. The van der Waals surface area contributed by atoms with Gasteiger partial charge < -0.3 is 14.7 Å². The molecule has 2 fully saturated rings. The minimum Gasteiger partial charge on any atom is -0.490 e. The van der Waals surface area contributed by atoms with Gasteiger partial charge in [-0.1, -0.05) is 18.8 Å². The number of piperidine rings is 1. The molecule has 1 aromatic carbocycles. The van der Waals surface area contributed by atoms with Gasteiger partial charge in [-0.3, -0.25) is 9.36 Å². The molecule has 172 valence electrons. The van der Waals surface area contributed by atoms with Gasteiger partial charge in [-0.25, -0.2) is 4.98 Å². The summed E-state index contributed by atoms with van der Waals surface area (Å²) in [5.41, 5.74) is 0.209.